The van der Waals surface area contributed by atoms with Crippen LogP contribution in [0.5, 0.6) is 0 Å². The number of likely N-dealkylation sites (tertiary alicyclic amines) is 1. The molecule has 14 nitrogen and oxygen atoms in total. The number of anilines is 2. The van der Waals surface area contributed by atoms with Crippen LogP contribution in [0, 0.1) is 11.3 Å². The summed E-state index contributed by atoms with van der Waals surface area (Å²) in [6, 6.07) is 16.4. The van der Waals surface area contributed by atoms with Crippen molar-refractivity contribution in [3.8, 4) is 6.07 Å². The number of pyridine rings is 1. The van der Waals surface area contributed by atoms with Gasteiger partial charge in [-0.3, -0.25) is 33.5 Å². The topological polar surface area (TPSA) is 196 Å². The van der Waals surface area contributed by atoms with Crippen LogP contribution in [-0.4, -0.2) is 67.1 Å². The number of primary amides is 1. The van der Waals surface area contributed by atoms with E-state index in [9.17, 15) is 29.2 Å². The largest absolute Gasteiger partial charge is 0.368 e. The molecule has 0 bridgehead atoms. The minimum Gasteiger partial charge on any atom is -0.368 e. The summed E-state index contributed by atoms with van der Waals surface area (Å²) in [5.41, 5.74) is 4.75. The van der Waals surface area contributed by atoms with Crippen molar-refractivity contribution in [1.29, 1.82) is 5.26 Å². The van der Waals surface area contributed by atoms with Gasteiger partial charge in [0.25, 0.3) is 17.7 Å². The summed E-state index contributed by atoms with van der Waals surface area (Å²) < 4.78 is 1.58. The zero-order valence-corrected chi connectivity index (χ0v) is 31.2. The van der Waals surface area contributed by atoms with E-state index in [2.05, 4.69) is 26.7 Å². The van der Waals surface area contributed by atoms with Crippen molar-refractivity contribution in [2.45, 2.75) is 74.5 Å². The van der Waals surface area contributed by atoms with E-state index in [-0.39, 0.29) is 35.8 Å². The number of rotatable bonds is 10. The van der Waals surface area contributed by atoms with E-state index in [1.165, 1.54) is 22.2 Å². The van der Waals surface area contributed by atoms with Crippen LogP contribution in [0.2, 0.25) is 10.0 Å². The van der Waals surface area contributed by atoms with Gasteiger partial charge in [0.2, 0.25) is 17.8 Å². The Kier molecular flexibility index (Phi) is 8.70. The van der Waals surface area contributed by atoms with Crippen molar-refractivity contribution < 1.29 is 24.0 Å². The maximum atomic E-state index is 14.4. The quantitative estimate of drug-likeness (QED) is 0.212. The molecule has 2 aromatic heterocycles. The second-order valence-corrected chi connectivity index (χ2v) is 15.7. The lowest BCUT2D eigenvalue weighted by atomic mass is 9.91. The van der Waals surface area contributed by atoms with Gasteiger partial charge >= 0.3 is 0 Å². The number of aromatic nitrogens is 3. The van der Waals surface area contributed by atoms with Crippen molar-refractivity contribution in [3.63, 3.8) is 0 Å². The lowest BCUT2D eigenvalue weighted by Crippen LogP contribution is -2.52. The third-order valence-electron chi connectivity index (χ3n) is 11.1. The molecule has 16 heteroatoms. The van der Waals surface area contributed by atoms with Gasteiger partial charge in [-0.15, -0.1) is 0 Å². The van der Waals surface area contributed by atoms with Crippen LogP contribution in [0.3, 0.4) is 0 Å². The van der Waals surface area contributed by atoms with Crippen LogP contribution < -0.4 is 21.3 Å². The Balaban J connectivity index is 1.03. The second kappa shape index (κ2) is 13.2. The standard InChI is InChI=1S/C39H35Cl2N9O5/c1-37(18-22-4-6-23(19-42)7-5-22)35(55)49(27-16-25(40)15-26(41)17-27)36-45-21-29(50(36)37)32(52)46-39(12-13-39)34(54)47-38(10-11-38)30-9-8-24(20-44-30)33(53)48-14-2-3-28(48)31(43)51/h4-9,15-17,20-21,28H,2-3,10-14,18H2,1H3,(H2,43,51)(H,46,52)(H,47,54)/t28?,37-/m1/s1. The molecular weight excluding hydrogens is 745 g/mol. The summed E-state index contributed by atoms with van der Waals surface area (Å²) in [5.74, 6) is -2.01. The third-order valence-corrected chi connectivity index (χ3v) is 11.5. The van der Waals surface area contributed by atoms with Gasteiger partial charge in [-0.25, -0.2) is 9.88 Å². The van der Waals surface area contributed by atoms with Crippen molar-refractivity contribution in [2.24, 2.45) is 5.73 Å². The molecule has 0 spiro atoms. The number of carbonyl (C=O) groups excluding carboxylic acids is 5. The molecule has 2 aliphatic heterocycles. The van der Waals surface area contributed by atoms with Gasteiger partial charge in [-0.05, 0) is 93.5 Å². The molecule has 4 N–H and O–H groups in total. The average Bonchev–Trinajstić information content (AvgIpc) is 3.98. The number of carbonyl (C=O) groups is 5. The highest BCUT2D eigenvalue weighted by atomic mass is 35.5. The molecule has 3 fully saturated rings. The molecule has 4 aliphatic rings. The number of nitriles is 1. The monoisotopic (exact) mass is 779 g/mol. The summed E-state index contributed by atoms with van der Waals surface area (Å²) in [7, 11) is 0. The Labute approximate surface area is 325 Å². The van der Waals surface area contributed by atoms with Gasteiger partial charge in [0.15, 0.2) is 0 Å². The number of hydrogen-bond donors (Lipinski definition) is 3. The minimum atomic E-state index is -1.35. The van der Waals surface area contributed by atoms with Crippen molar-refractivity contribution in [2.75, 3.05) is 11.4 Å². The van der Waals surface area contributed by atoms with Crippen LogP contribution in [0.4, 0.5) is 11.6 Å². The first-order valence-electron chi connectivity index (χ1n) is 17.9. The van der Waals surface area contributed by atoms with Crippen molar-refractivity contribution >= 4 is 64.4 Å². The molecule has 2 saturated carbocycles. The number of imidazole rings is 1. The highest BCUT2D eigenvalue weighted by Gasteiger charge is 2.57. The molecule has 4 aromatic rings. The Hall–Kier alpha value is -5.78. The van der Waals surface area contributed by atoms with Gasteiger partial charge in [0.1, 0.15) is 22.8 Å². The number of amides is 5. The van der Waals surface area contributed by atoms with Gasteiger partial charge in [-0.2, -0.15) is 5.26 Å². The summed E-state index contributed by atoms with van der Waals surface area (Å²) in [4.78, 5) is 79.4. The molecule has 5 amide bonds. The number of benzene rings is 2. The average molecular weight is 781 g/mol. The smallest absolute Gasteiger partial charge is 0.270 e. The molecule has 1 saturated heterocycles. The van der Waals surface area contributed by atoms with Gasteiger partial charge in [-0.1, -0.05) is 35.3 Å². The van der Waals surface area contributed by atoms with Crippen molar-refractivity contribution in [1.82, 2.24) is 30.1 Å². The Morgan fingerprint density at radius 2 is 1.67 bits per heavy atom. The SMILES string of the molecule is C[C@@]1(Cc2ccc(C#N)cc2)C(=O)N(c2cc(Cl)cc(Cl)c2)c2ncc(C(=O)NC3(C(=O)NC4(c5ccc(C(=O)N6CCCC6C(N)=O)cn5)CC4)CC3)n21. The molecule has 2 aliphatic carbocycles. The fraction of sp³-hybridized carbons (Fsp3) is 0.333. The lowest BCUT2D eigenvalue weighted by Gasteiger charge is -2.27. The molecule has 280 valence electrons. The Bertz CT molecular complexity index is 2310. The van der Waals surface area contributed by atoms with E-state index in [1.54, 1.807) is 66.1 Å². The van der Waals surface area contributed by atoms with E-state index in [4.69, 9.17) is 28.9 Å². The third kappa shape index (κ3) is 6.27. The highest BCUT2D eigenvalue weighted by molar-refractivity contribution is 6.35. The maximum Gasteiger partial charge on any atom is 0.270 e. The fourth-order valence-electron chi connectivity index (χ4n) is 7.72. The zero-order chi connectivity index (χ0) is 38.9. The molecule has 2 aromatic carbocycles. The summed E-state index contributed by atoms with van der Waals surface area (Å²) in [6.07, 6.45) is 6.23. The number of nitrogens with zero attached hydrogens (tertiary/aromatic N) is 6. The molecule has 55 heavy (non-hydrogen) atoms. The molecule has 1 unspecified atom stereocenters. The van der Waals surface area contributed by atoms with E-state index in [0.29, 0.717) is 77.6 Å². The zero-order valence-electron chi connectivity index (χ0n) is 29.6. The van der Waals surface area contributed by atoms with Gasteiger partial charge in [0, 0.05) is 29.2 Å². The number of halogens is 2. The van der Waals surface area contributed by atoms with E-state index in [0.717, 1.165) is 5.56 Å². The predicted molar refractivity (Wildman–Crippen MR) is 200 cm³/mol. The Morgan fingerprint density at radius 1 is 0.964 bits per heavy atom. The second-order valence-electron chi connectivity index (χ2n) is 14.9. The first-order chi connectivity index (χ1) is 26.3. The molecule has 4 heterocycles. The molecular formula is C39H35Cl2N9O5. The normalized spacial score (nSPS) is 21.4. The fourth-order valence-corrected chi connectivity index (χ4v) is 8.24. The predicted octanol–water partition coefficient (Wildman–Crippen LogP) is 4.25. The number of nitrogens with one attached hydrogen (secondary N) is 2. The summed E-state index contributed by atoms with van der Waals surface area (Å²) in [6.45, 7) is 2.15. The van der Waals surface area contributed by atoms with Crippen LogP contribution in [0.25, 0.3) is 0 Å². The van der Waals surface area contributed by atoms with Crippen LogP contribution in [-0.2, 0) is 31.9 Å². The first kappa shape index (κ1) is 36.2. The van der Waals surface area contributed by atoms with E-state index in [1.807, 2.05) is 0 Å². The highest BCUT2D eigenvalue weighted by Crippen LogP contribution is 2.48. The van der Waals surface area contributed by atoms with Gasteiger partial charge < -0.3 is 21.3 Å². The molecule has 2 atom stereocenters. The van der Waals surface area contributed by atoms with Crippen LogP contribution >= 0.6 is 23.2 Å². The molecule has 8 rings (SSSR count). The lowest BCUT2D eigenvalue weighted by molar-refractivity contribution is -0.125. The first-order valence-corrected chi connectivity index (χ1v) is 18.6. The summed E-state index contributed by atoms with van der Waals surface area (Å²) in [5, 5.41) is 16.0. The number of fused-ring (bicyclic) bond motifs is 1. The van der Waals surface area contributed by atoms with E-state index >= 15 is 0 Å². The van der Waals surface area contributed by atoms with Crippen LogP contribution in [0.1, 0.15) is 83.1 Å². The molecule has 0 radical (unpaired) electrons. The van der Waals surface area contributed by atoms with E-state index < -0.39 is 34.5 Å². The van der Waals surface area contributed by atoms with Crippen LogP contribution in [0.15, 0.2) is 67.0 Å². The van der Waals surface area contributed by atoms with Gasteiger partial charge in [0.05, 0.1) is 40.3 Å². The van der Waals surface area contributed by atoms with Crippen molar-refractivity contribution in [3.05, 3.63) is 105 Å². The minimum absolute atomic E-state index is 0.0776. The maximum absolute atomic E-state index is 14.4. The number of nitrogens with two attached hydrogens (primary N) is 1. The summed E-state index contributed by atoms with van der Waals surface area (Å²) >= 11 is 12.7. The Morgan fingerprint density at radius 3 is 2.27 bits per heavy atom. The number of hydrogen-bond acceptors (Lipinski definition) is 8.